The summed E-state index contributed by atoms with van der Waals surface area (Å²) in [6, 6.07) is 0. The van der Waals surface area contributed by atoms with Gasteiger partial charge in [-0.15, -0.1) is 0 Å². The van der Waals surface area contributed by atoms with Gasteiger partial charge in [0.15, 0.2) is 0 Å². The lowest BCUT2D eigenvalue weighted by molar-refractivity contribution is 0.210. The largest absolute Gasteiger partial charge is 0.397 e. The second-order valence-corrected chi connectivity index (χ2v) is 7.36. The molecule has 5 heteroatoms. The van der Waals surface area contributed by atoms with Crippen LogP contribution in [-0.4, -0.2) is 19.6 Å². The van der Waals surface area contributed by atoms with E-state index in [1.165, 1.54) is 12.8 Å². The minimum atomic E-state index is -4.30. The Morgan fingerprint density at radius 3 is 2.08 bits per heavy atom. The lowest BCUT2D eigenvalue weighted by Crippen LogP contribution is -2.13. The summed E-state index contributed by atoms with van der Waals surface area (Å²) in [6.07, 6.45) is 23.9. The van der Waals surface area contributed by atoms with Crippen molar-refractivity contribution < 1.29 is 17.2 Å². The maximum atomic E-state index is 10.6. The van der Waals surface area contributed by atoms with E-state index in [-0.39, 0.29) is 12.5 Å². The highest BCUT2D eigenvalue weighted by Gasteiger charge is 2.11. The zero-order valence-electron chi connectivity index (χ0n) is 15.9. The molecule has 0 spiro atoms. The fraction of sp³-hybridized carbons (Fsp3) is 0.700. The van der Waals surface area contributed by atoms with Gasteiger partial charge in [-0.1, -0.05) is 76.0 Å². The van der Waals surface area contributed by atoms with Gasteiger partial charge in [-0.3, -0.25) is 4.55 Å². The van der Waals surface area contributed by atoms with Crippen LogP contribution in [0.15, 0.2) is 36.5 Å². The zero-order chi connectivity index (χ0) is 18.8. The molecule has 0 aliphatic rings. The van der Waals surface area contributed by atoms with E-state index in [1.54, 1.807) is 0 Å². The standard InChI is InChI=1S/C20H36O4S/c1-3-5-6-7-8-9-10-11-12-13-14-15-16-17-18-20(4-2)19-24-25(21,22)23/h5-6,8-9,11-12,20H,3-4,7,10,13-19H2,1-2H3,(H,21,22,23)/b6-5-,9-8-,12-11-. The summed E-state index contributed by atoms with van der Waals surface area (Å²) in [5.74, 6) is 0.195. The predicted molar refractivity (Wildman–Crippen MR) is 106 cm³/mol. The third kappa shape index (κ3) is 19.3. The number of unbranched alkanes of at least 4 members (excludes halogenated alkanes) is 4. The quantitative estimate of drug-likeness (QED) is 0.204. The smallest absolute Gasteiger partial charge is 0.264 e. The van der Waals surface area contributed by atoms with Crippen LogP contribution in [0.5, 0.6) is 0 Å². The molecule has 0 aliphatic heterocycles. The van der Waals surface area contributed by atoms with Crippen LogP contribution in [0.2, 0.25) is 0 Å². The predicted octanol–water partition coefficient (Wildman–Crippen LogP) is 6.03. The molecule has 0 aliphatic carbocycles. The van der Waals surface area contributed by atoms with Gasteiger partial charge >= 0.3 is 10.4 Å². The van der Waals surface area contributed by atoms with Crippen LogP contribution in [0.3, 0.4) is 0 Å². The fourth-order valence-corrected chi connectivity index (χ4v) is 2.83. The molecule has 1 atom stereocenters. The van der Waals surface area contributed by atoms with Crippen LogP contribution in [0.25, 0.3) is 0 Å². The Morgan fingerprint density at radius 2 is 1.48 bits per heavy atom. The van der Waals surface area contributed by atoms with Crippen LogP contribution in [0, 0.1) is 5.92 Å². The van der Waals surface area contributed by atoms with Crippen molar-refractivity contribution in [1.29, 1.82) is 0 Å². The molecule has 0 aromatic carbocycles. The minimum Gasteiger partial charge on any atom is -0.264 e. The molecule has 0 aromatic rings. The summed E-state index contributed by atoms with van der Waals surface area (Å²) in [5.41, 5.74) is 0. The number of rotatable bonds is 16. The molecule has 0 saturated heterocycles. The molecular weight excluding hydrogens is 336 g/mol. The fourth-order valence-electron chi connectivity index (χ4n) is 2.46. The molecule has 1 N–H and O–H groups in total. The average molecular weight is 373 g/mol. The Hall–Kier alpha value is -0.910. The van der Waals surface area contributed by atoms with Crippen LogP contribution in [0.1, 0.15) is 78.1 Å². The molecule has 0 bridgehead atoms. The Labute approximate surface area is 155 Å². The molecule has 0 radical (unpaired) electrons. The monoisotopic (exact) mass is 372 g/mol. The summed E-state index contributed by atoms with van der Waals surface area (Å²) in [5, 5.41) is 0. The van der Waals surface area contributed by atoms with Crippen molar-refractivity contribution >= 4 is 10.4 Å². The first kappa shape index (κ1) is 24.1. The van der Waals surface area contributed by atoms with Gasteiger partial charge in [0.25, 0.3) is 0 Å². The SMILES string of the molecule is CC/C=C\C/C=C\C/C=C\CCCCCCC(CC)COS(=O)(=O)O. The lowest BCUT2D eigenvalue weighted by Gasteiger charge is -2.13. The van der Waals surface area contributed by atoms with Crippen molar-refractivity contribution in [3.05, 3.63) is 36.5 Å². The molecule has 0 saturated carbocycles. The molecule has 0 amide bonds. The van der Waals surface area contributed by atoms with Crippen molar-refractivity contribution in [1.82, 2.24) is 0 Å². The van der Waals surface area contributed by atoms with E-state index in [2.05, 4.69) is 47.6 Å². The Morgan fingerprint density at radius 1 is 0.880 bits per heavy atom. The molecule has 0 heterocycles. The van der Waals surface area contributed by atoms with Gasteiger partial charge in [0.2, 0.25) is 0 Å². The van der Waals surface area contributed by atoms with E-state index in [1.807, 2.05) is 6.92 Å². The van der Waals surface area contributed by atoms with E-state index in [9.17, 15) is 8.42 Å². The van der Waals surface area contributed by atoms with Gasteiger partial charge in [-0.2, -0.15) is 8.42 Å². The lowest BCUT2D eigenvalue weighted by atomic mass is 9.99. The normalized spacial score (nSPS) is 14.2. The van der Waals surface area contributed by atoms with Crippen molar-refractivity contribution in [3.8, 4) is 0 Å². The van der Waals surface area contributed by atoms with Crippen molar-refractivity contribution in [2.75, 3.05) is 6.61 Å². The topological polar surface area (TPSA) is 63.6 Å². The van der Waals surface area contributed by atoms with Crippen LogP contribution < -0.4 is 0 Å². The highest BCUT2D eigenvalue weighted by atomic mass is 32.3. The summed E-state index contributed by atoms with van der Waals surface area (Å²) in [7, 11) is -4.30. The van der Waals surface area contributed by atoms with Gasteiger partial charge in [-0.25, -0.2) is 4.18 Å². The Kier molecular flexibility index (Phi) is 16.0. The minimum absolute atomic E-state index is 0.0832. The molecule has 0 aromatic heterocycles. The van der Waals surface area contributed by atoms with Crippen molar-refractivity contribution in [2.24, 2.45) is 5.92 Å². The molecule has 0 rings (SSSR count). The van der Waals surface area contributed by atoms with E-state index in [0.717, 1.165) is 51.4 Å². The number of hydrogen-bond donors (Lipinski definition) is 1. The summed E-state index contributed by atoms with van der Waals surface area (Å²) >= 11 is 0. The summed E-state index contributed by atoms with van der Waals surface area (Å²) in [4.78, 5) is 0. The first-order valence-corrected chi connectivity index (χ1v) is 10.9. The molecular formula is C20H36O4S. The van der Waals surface area contributed by atoms with Gasteiger partial charge in [0.1, 0.15) is 0 Å². The van der Waals surface area contributed by atoms with E-state index >= 15 is 0 Å². The van der Waals surface area contributed by atoms with Crippen molar-refractivity contribution in [3.63, 3.8) is 0 Å². The second kappa shape index (κ2) is 16.6. The van der Waals surface area contributed by atoms with E-state index < -0.39 is 10.4 Å². The first-order valence-electron chi connectivity index (χ1n) is 9.56. The molecule has 0 fully saturated rings. The summed E-state index contributed by atoms with van der Waals surface area (Å²) < 4.78 is 34.2. The van der Waals surface area contributed by atoms with Gasteiger partial charge in [0, 0.05) is 0 Å². The molecule has 1 unspecified atom stereocenters. The van der Waals surface area contributed by atoms with Gasteiger partial charge in [-0.05, 0) is 44.4 Å². The van der Waals surface area contributed by atoms with Gasteiger partial charge in [0.05, 0.1) is 6.61 Å². The molecule has 146 valence electrons. The third-order valence-electron chi connectivity index (χ3n) is 4.04. The van der Waals surface area contributed by atoms with Crippen molar-refractivity contribution in [2.45, 2.75) is 78.1 Å². The second-order valence-electron chi connectivity index (χ2n) is 6.27. The highest BCUT2D eigenvalue weighted by molar-refractivity contribution is 7.80. The zero-order valence-corrected chi connectivity index (χ0v) is 16.7. The van der Waals surface area contributed by atoms with E-state index in [4.69, 9.17) is 4.55 Å². The van der Waals surface area contributed by atoms with Crippen LogP contribution in [0.4, 0.5) is 0 Å². The van der Waals surface area contributed by atoms with E-state index in [0.29, 0.717) is 0 Å². The average Bonchev–Trinajstić information content (AvgIpc) is 2.57. The molecule has 4 nitrogen and oxygen atoms in total. The Bertz CT molecular complexity index is 478. The first-order chi connectivity index (χ1) is 12.0. The maximum Gasteiger partial charge on any atom is 0.397 e. The maximum absolute atomic E-state index is 10.6. The number of allylic oxidation sites excluding steroid dienone is 6. The number of hydrogen-bond acceptors (Lipinski definition) is 3. The molecule has 25 heavy (non-hydrogen) atoms. The third-order valence-corrected chi connectivity index (χ3v) is 4.48. The highest BCUT2D eigenvalue weighted by Crippen LogP contribution is 2.16. The van der Waals surface area contributed by atoms with Crippen LogP contribution >= 0.6 is 0 Å². The van der Waals surface area contributed by atoms with Gasteiger partial charge < -0.3 is 0 Å². The Balaban J connectivity index is 3.53. The van der Waals surface area contributed by atoms with Crippen LogP contribution in [-0.2, 0) is 14.6 Å². The summed E-state index contributed by atoms with van der Waals surface area (Å²) in [6.45, 7) is 4.24.